The fraction of sp³-hybridized carbons (Fsp3) is 0.261. The SMILES string of the molecule is CC(C)Oc1ccccc1NC(=O)c1ccnc(N(C)CCc2ccncc2)c1. The lowest BCUT2D eigenvalue weighted by atomic mass is 10.2. The summed E-state index contributed by atoms with van der Waals surface area (Å²) in [7, 11) is 1.97. The zero-order valence-corrected chi connectivity index (χ0v) is 17.0. The fourth-order valence-corrected chi connectivity index (χ4v) is 2.85. The van der Waals surface area contributed by atoms with Crippen LogP contribution < -0.4 is 15.0 Å². The molecule has 2 heterocycles. The second-order valence-corrected chi connectivity index (χ2v) is 7.05. The second kappa shape index (κ2) is 9.68. The number of carbonyl (C=O) groups excluding carboxylic acids is 1. The van der Waals surface area contributed by atoms with Gasteiger partial charge in [0, 0.05) is 37.7 Å². The number of amides is 1. The molecular weight excluding hydrogens is 364 g/mol. The summed E-state index contributed by atoms with van der Waals surface area (Å²) in [6.45, 7) is 4.69. The smallest absolute Gasteiger partial charge is 0.255 e. The molecule has 0 radical (unpaired) electrons. The van der Waals surface area contributed by atoms with E-state index in [1.807, 2.05) is 62.2 Å². The van der Waals surface area contributed by atoms with Gasteiger partial charge in [0.15, 0.2) is 0 Å². The predicted octanol–water partition coefficient (Wildman–Crippen LogP) is 4.20. The molecular formula is C23H26N4O2. The van der Waals surface area contributed by atoms with Gasteiger partial charge in [0.2, 0.25) is 0 Å². The third kappa shape index (κ3) is 5.78. The molecule has 0 atom stereocenters. The molecule has 3 aromatic rings. The van der Waals surface area contributed by atoms with Crippen molar-refractivity contribution in [1.29, 1.82) is 0 Å². The minimum Gasteiger partial charge on any atom is -0.489 e. The topological polar surface area (TPSA) is 67.3 Å². The Balaban J connectivity index is 1.68. The number of aromatic nitrogens is 2. The highest BCUT2D eigenvalue weighted by Gasteiger charge is 2.13. The van der Waals surface area contributed by atoms with Crippen molar-refractivity contribution in [2.24, 2.45) is 0 Å². The lowest BCUT2D eigenvalue weighted by Crippen LogP contribution is -2.22. The van der Waals surface area contributed by atoms with Gasteiger partial charge in [0.05, 0.1) is 11.8 Å². The molecule has 0 spiro atoms. The van der Waals surface area contributed by atoms with Gasteiger partial charge in [-0.1, -0.05) is 12.1 Å². The van der Waals surface area contributed by atoms with Crippen molar-refractivity contribution < 1.29 is 9.53 Å². The van der Waals surface area contributed by atoms with E-state index >= 15 is 0 Å². The molecule has 3 rings (SSSR count). The van der Waals surface area contributed by atoms with E-state index in [4.69, 9.17) is 4.74 Å². The highest BCUT2D eigenvalue weighted by atomic mass is 16.5. The molecule has 0 saturated carbocycles. The lowest BCUT2D eigenvalue weighted by molar-refractivity contribution is 0.102. The van der Waals surface area contributed by atoms with E-state index in [2.05, 4.69) is 15.3 Å². The minimum absolute atomic E-state index is 0.0228. The molecule has 0 unspecified atom stereocenters. The van der Waals surface area contributed by atoms with Crippen LogP contribution in [0.2, 0.25) is 0 Å². The highest BCUT2D eigenvalue weighted by molar-refractivity contribution is 6.05. The van der Waals surface area contributed by atoms with Crippen molar-refractivity contribution in [3.8, 4) is 5.75 Å². The summed E-state index contributed by atoms with van der Waals surface area (Å²) in [5.74, 6) is 1.20. The normalized spacial score (nSPS) is 10.6. The number of anilines is 2. The number of para-hydroxylation sites is 2. The first kappa shape index (κ1) is 20.3. The average molecular weight is 390 g/mol. The number of hydrogen-bond donors (Lipinski definition) is 1. The summed E-state index contributed by atoms with van der Waals surface area (Å²) in [5.41, 5.74) is 2.41. The van der Waals surface area contributed by atoms with Crippen molar-refractivity contribution in [1.82, 2.24) is 9.97 Å². The molecule has 29 heavy (non-hydrogen) atoms. The summed E-state index contributed by atoms with van der Waals surface area (Å²) < 4.78 is 5.78. The first-order chi connectivity index (χ1) is 14.0. The van der Waals surface area contributed by atoms with Gasteiger partial charge in [0.1, 0.15) is 11.6 Å². The maximum atomic E-state index is 12.8. The number of benzene rings is 1. The standard InChI is InChI=1S/C23H26N4O2/c1-17(2)29-21-7-5-4-6-20(21)26-23(28)19-10-14-25-22(16-19)27(3)15-11-18-8-12-24-13-9-18/h4-10,12-14,16-17H,11,15H2,1-3H3,(H,26,28). The molecule has 1 aromatic carbocycles. The predicted molar refractivity (Wildman–Crippen MR) is 116 cm³/mol. The number of nitrogens with one attached hydrogen (secondary N) is 1. The van der Waals surface area contributed by atoms with Crippen LogP contribution in [0.1, 0.15) is 29.8 Å². The largest absolute Gasteiger partial charge is 0.489 e. The van der Waals surface area contributed by atoms with Gasteiger partial charge >= 0.3 is 0 Å². The van der Waals surface area contributed by atoms with E-state index in [0.717, 1.165) is 18.8 Å². The third-order valence-corrected chi connectivity index (χ3v) is 4.38. The minimum atomic E-state index is -0.198. The Morgan fingerprint density at radius 1 is 1.10 bits per heavy atom. The number of hydrogen-bond acceptors (Lipinski definition) is 5. The van der Waals surface area contributed by atoms with E-state index in [0.29, 0.717) is 17.0 Å². The van der Waals surface area contributed by atoms with Crippen LogP contribution in [0.4, 0.5) is 11.5 Å². The van der Waals surface area contributed by atoms with Crippen LogP contribution in [0.15, 0.2) is 67.1 Å². The maximum absolute atomic E-state index is 12.8. The molecule has 0 aliphatic rings. The molecule has 0 aliphatic carbocycles. The van der Waals surface area contributed by atoms with Gasteiger partial charge in [-0.05, 0) is 62.2 Å². The maximum Gasteiger partial charge on any atom is 0.255 e. The van der Waals surface area contributed by atoms with Crippen molar-refractivity contribution in [3.05, 3.63) is 78.2 Å². The first-order valence-electron chi connectivity index (χ1n) is 9.66. The monoisotopic (exact) mass is 390 g/mol. The van der Waals surface area contributed by atoms with Gasteiger partial charge in [-0.15, -0.1) is 0 Å². The Morgan fingerprint density at radius 2 is 1.86 bits per heavy atom. The van der Waals surface area contributed by atoms with Gasteiger partial charge < -0.3 is 15.0 Å². The number of nitrogens with zero attached hydrogens (tertiary/aromatic N) is 3. The number of pyridine rings is 2. The zero-order chi connectivity index (χ0) is 20.6. The Kier molecular flexibility index (Phi) is 6.79. The number of likely N-dealkylation sites (N-methyl/N-ethyl adjacent to an activating group) is 1. The van der Waals surface area contributed by atoms with Crippen LogP contribution >= 0.6 is 0 Å². The second-order valence-electron chi connectivity index (χ2n) is 7.05. The lowest BCUT2D eigenvalue weighted by Gasteiger charge is -2.19. The van der Waals surface area contributed by atoms with Gasteiger partial charge in [-0.3, -0.25) is 9.78 Å². The molecule has 6 heteroatoms. The Hall–Kier alpha value is -3.41. The molecule has 0 bridgehead atoms. The van der Waals surface area contributed by atoms with Crippen molar-refractivity contribution >= 4 is 17.4 Å². The summed E-state index contributed by atoms with van der Waals surface area (Å²) >= 11 is 0. The van der Waals surface area contributed by atoms with E-state index in [1.165, 1.54) is 5.56 Å². The van der Waals surface area contributed by atoms with Crippen LogP contribution in [-0.4, -0.2) is 35.6 Å². The number of carbonyl (C=O) groups is 1. The van der Waals surface area contributed by atoms with E-state index in [-0.39, 0.29) is 12.0 Å². The van der Waals surface area contributed by atoms with Crippen LogP contribution in [-0.2, 0) is 6.42 Å². The Labute approximate surface area is 171 Å². The molecule has 1 amide bonds. The molecule has 6 nitrogen and oxygen atoms in total. The van der Waals surface area contributed by atoms with E-state index in [9.17, 15) is 4.79 Å². The quantitative estimate of drug-likeness (QED) is 0.624. The molecule has 0 saturated heterocycles. The molecule has 0 aliphatic heterocycles. The van der Waals surface area contributed by atoms with Crippen molar-refractivity contribution in [3.63, 3.8) is 0 Å². The Bertz CT molecular complexity index is 944. The van der Waals surface area contributed by atoms with Crippen LogP contribution in [0.3, 0.4) is 0 Å². The van der Waals surface area contributed by atoms with Crippen LogP contribution in [0, 0.1) is 0 Å². The fourth-order valence-electron chi connectivity index (χ4n) is 2.85. The molecule has 150 valence electrons. The highest BCUT2D eigenvalue weighted by Crippen LogP contribution is 2.25. The first-order valence-corrected chi connectivity index (χ1v) is 9.66. The summed E-state index contributed by atoms with van der Waals surface area (Å²) in [6, 6.07) is 14.9. The summed E-state index contributed by atoms with van der Waals surface area (Å²) in [6.07, 6.45) is 6.13. The molecule has 0 fully saturated rings. The summed E-state index contributed by atoms with van der Waals surface area (Å²) in [4.78, 5) is 23.3. The molecule has 1 N–H and O–H groups in total. The zero-order valence-electron chi connectivity index (χ0n) is 17.0. The van der Waals surface area contributed by atoms with Gasteiger partial charge in [-0.25, -0.2) is 4.98 Å². The summed E-state index contributed by atoms with van der Waals surface area (Å²) in [5, 5.41) is 2.94. The van der Waals surface area contributed by atoms with Crippen LogP contribution in [0.25, 0.3) is 0 Å². The van der Waals surface area contributed by atoms with E-state index in [1.54, 1.807) is 30.7 Å². The van der Waals surface area contributed by atoms with Gasteiger partial charge in [-0.2, -0.15) is 0 Å². The Morgan fingerprint density at radius 3 is 2.62 bits per heavy atom. The average Bonchev–Trinajstić information content (AvgIpc) is 2.74. The number of rotatable bonds is 8. The van der Waals surface area contributed by atoms with E-state index < -0.39 is 0 Å². The van der Waals surface area contributed by atoms with Gasteiger partial charge in [0.25, 0.3) is 5.91 Å². The van der Waals surface area contributed by atoms with Crippen LogP contribution in [0.5, 0.6) is 5.75 Å². The third-order valence-electron chi connectivity index (χ3n) is 4.38. The number of ether oxygens (including phenoxy) is 1. The van der Waals surface area contributed by atoms with Crippen molar-refractivity contribution in [2.75, 3.05) is 23.8 Å². The molecule has 2 aromatic heterocycles. The van der Waals surface area contributed by atoms with Crippen molar-refractivity contribution in [2.45, 2.75) is 26.4 Å².